The third kappa shape index (κ3) is 5.42. The molecule has 0 aliphatic rings. The van der Waals surface area contributed by atoms with Gasteiger partial charge in [0.2, 0.25) is 5.91 Å². The van der Waals surface area contributed by atoms with Crippen LogP contribution in [0.25, 0.3) is 22.5 Å². The van der Waals surface area contributed by atoms with Crippen LogP contribution >= 0.6 is 23.4 Å². The summed E-state index contributed by atoms with van der Waals surface area (Å²) in [6.45, 7) is 4.15. The van der Waals surface area contributed by atoms with Crippen molar-refractivity contribution in [1.82, 2.24) is 9.97 Å². The van der Waals surface area contributed by atoms with E-state index in [1.165, 1.54) is 22.9 Å². The molecular weight excluding hydrogens is 438 g/mol. The van der Waals surface area contributed by atoms with E-state index < -0.39 is 0 Å². The van der Waals surface area contributed by atoms with Crippen molar-refractivity contribution < 1.29 is 4.79 Å². The number of aryl methyl sites for hydroxylation is 2. The van der Waals surface area contributed by atoms with Gasteiger partial charge in [0.15, 0.2) is 5.16 Å². The molecule has 162 valence electrons. The zero-order chi connectivity index (χ0) is 22.5. The summed E-state index contributed by atoms with van der Waals surface area (Å²) in [7, 11) is 0. The predicted octanol–water partition coefficient (Wildman–Crippen LogP) is 7.13. The lowest BCUT2D eigenvalue weighted by molar-refractivity contribution is -0.115. The highest BCUT2D eigenvalue weighted by atomic mass is 35.5. The van der Waals surface area contributed by atoms with Crippen molar-refractivity contribution in [3.05, 3.63) is 88.9 Å². The van der Waals surface area contributed by atoms with Gasteiger partial charge in [0.05, 0.1) is 22.1 Å². The third-order valence-electron chi connectivity index (χ3n) is 5.06. The number of aromatic amines is 1. The Hall–Kier alpha value is -3.02. The molecule has 0 aliphatic heterocycles. The van der Waals surface area contributed by atoms with Gasteiger partial charge in [-0.05, 0) is 26.0 Å². The number of H-pyrrole nitrogens is 1. The van der Waals surface area contributed by atoms with Crippen molar-refractivity contribution in [2.24, 2.45) is 0 Å². The molecule has 4 rings (SSSR count). The van der Waals surface area contributed by atoms with E-state index in [9.17, 15) is 4.79 Å². The van der Waals surface area contributed by atoms with Crippen LogP contribution in [0.4, 0.5) is 5.69 Å². The van der Waals surface area contributed by atoms with Crippen LogP contribution in [0.3, 0.4) is 0 Å². The lowest BCUT2D eigenvalue weighted by Gasteiger charge is -2.06. The molecule has 3 aromatic carbocycles. The fourth-order valence-corrected chi connectivity index (χ4v) is 4.28. The number of hydrogen-bond acceptors (Lipinski definition) is 3. The van der Waals surface area contributed by atoms with Crippen molar-refractivity contribution in [2.45, 2.75) is 25.4 Å². The Morgan fingerprint density at radius 2 is 1.56 bits per heavy atom. The second-order valence-electron chi connectivity index (χ2n) is 7.62. The van der Waals surface area contributed by atoms with E-state index in [0.717, 1.165) is 27.7 Å². The van der Waals surface area contributed by atoms with Gasteiger partial charge in [0.1, 0.15) is 0 Å². The summed E-state index contributed by atoms with van der Waals surface area (Å²) in [5.41, 5.74) is 7.09. The van der Waals surface area contributed by atoms with Crippen LogP contribution in [0.2, 0.25) is 5.02 Å². The largest absolute Gasteiger partial charge is 0.332 e. The van der Waals surface area contributed by atoms with Crippen LogP contribution < -0.4 is 5.32 Å². The molecule has 0 fully saturated rings. The zero-order valence-corrected chi connectivity index (χ0v) is 19.6. The van der Waals surface area contributed by atoms with Gasteiger partial charge in [-0.15, -0.1) is 0 Å². The monoisotopic (exact) mass is 461 g/mol. The molecule has 1 aromatic heterocycles. The quantitative estimate of drug-likeness (QED) is 0.287. The molecule has 0 radical (unpaired) electrons. The van der Waals surface area contributed by atoms with E-state index >= 15 is 0 Å². The van der Waals surface area contributed by atoms with Crippen molar-refractivity contribution in [3.8, 4) is 22.5 Å². The fraction of sp³-hybridized carbons (Fsp3) is 0.154. The first-order chi connectivity index (χ1) is 15.5. The van der Waals surface area contributed by atoms with Crippen molar-refractivity contribution in [1.29, 1.82) is 0 Å². The average molecular weight is 462 g/mol. The van der Waals surface area contributed by atoms with Gasteiger partial charge in [0, 0.05) is 23.3 Å². The van der Waals surface area contributed by atoms with E-state index in [0.29, 0.717) is 22.9 Å². The van der Waals surface area contributed by atoms with Crippen LogP contribution in [0.1, 0.15) is 17.5 Å². The minimum atomic E-state index is -0.0744. The van der Waals surface area contributed by atoms with E-state index in [2.05, 4.69) is 72.7 Å². The first-order valence-corrected chi connectivity index (χ1v) is 11.8. The maximum absolute atomic E-state index is 12.3. The van der Waals surface area contributed by atoms with Crippen molar-refractivity contribution in [2.75, 3.05) is 11.1 Å². The Bertz CT molecular complexity index is 1150. The summed E-state index contributed by atoms with van der Waals surface area (Å²) in [5.74, 6) is 0.527. The van der Waals surface area contributed by atoms with Gasteiger partial charge >= 0.3 is 0 Å². The molecule has 4 aromatic rings. The highest BCUT2D eigenvalue weighted by molar-refractivity contribution is 7.99. The number of carbonyl (C=O) groups is 1. The fourth-order valence-electron chi connectivity index (χ4n) is 3.29. The number of nitrogens with one attached hydrogen (secondary N) is 2. The summed E-state index contributed by atoms with van der Waals surface area (Å²) in [4.78, 5) is 20.6. The van der Waals surface area contributed by atoms with Crippen molar-refractivity contribution >= 4 is 35.0 Å². The number of aromatic nitrogens is 2. The molecule has 1 heterocycles. The number of amides is 1. The van der Waals surface area contributed by atoms with Crippen LogP contribution in [-0.4, -0.2) is 21.6 Å². The van der Waals surface area contributed by atoms with Crippen LogP contribution in [0.5, 0.6) is 0 Å². The van der Waals surface area contributed by atoms with Crippen LogP contribution in [0.15, 0.2) is 78.0 Å². The first-order valence-electron chi connectivity index (χ1n) is 10.4. The summed E-state index contributed by atoms with van der Waals surface area (Å²) < 4.78 is 0. The van der Waals surface area contributed by atoms with Gasteiger partial charge in [-0.1, -0.05) is 95.2 Å². The number of carbonyl (C=O) groups excluding carboxylic acids is 1. The van der Waals surface area contributed by atoms with E-state index in [-0.39, 0.29) is 5.91 Å². The Kier molecular flexibility index (Phi) is 6.98. The van der Waals surface area contributed by atoms with E-state index in [1.807, 2.05) is 12.1 Å². The first kappa shape index (κ1) is 22.2. The Balaban J connectivity index is 1.49. The number of rotatable bonds is 7. The van der Waals surface area contributed by atoms with Gasteiger partial charge in [-0.25, -0.2) is 4.98 Å². The van der Waals surface area contributed by atoms with Gasteiger partial charge in [-0.3, -0.25) is 4.79 Å². The number of hydrogen-bond donors (Lipinski definition) is 2. The number of benzene rings is 3. The van der Waals surface area contributed by atoms with E-state index in [1.54, 1.807) is 12.1 Å². The van der Waals surface area contributed by atoms with Crippen molar-refractivity contribution in [3.63, 3.8) is 0 Å². The molecule has 6 heteroatoms. The van der Waals surface area contributed by atoms with Gasteiger partial charge in [-0.2, -0.15) is 0 Å². The molecule has 0 bridgehead atoms. The molecule has 1 amide bonds. The standard InChI is InChI=1S/C26H24ClN3OS/c1-17-7-11-19(12-8-17)24-25(20-13-9-18(2)10-14-20)30-26(29-24)32-16-15-23(31)28-22-6-4-3-5-21(22)27/h3-14H,15-16H2,1-2H3,(H,28,31)(H,29,30). The maximum Gasteiger partial charge on any atom is 0.225 e. The summed E-state index contributed by atoms with van der Waals surface area (Å²) in [5, 5.41) is 4.19. The molecule has 0 aliphatic carbocycles. The predicted molar refractivity (Wildman–Crippen MR) is 134 cm³/mol. The minimum Gasteiger partial charge on any atom is -0.332 e. The van der Waals surface area contributed by atoms with Crippen LogP contribution in [0, 0.1) is 13.8 Å². The molecule has 0 saturated carbocycles. The average Bonchev–Trinajstić information content (AvgIpc) is 3.20. The number of halogens is 1. The molecule has 0 atom stereocenters. The molecule has 4 nitrogen and oxygen atoms in total. The highest BCUT2D eigenvalue weighted by Crippen LogP contribution is 2.33. The SMILES string of the molecule is Cc1ccc(-c2nc(SCCC(=O)Nc3ccccc3Cl)[nH]c2-c2ccc(C)cc2)cc1. The van der Waals surface area contributed by atoms with Gasteiger partial charge < -0.3 is 10.3 Å². The molecule has 32 heavy (non-hydrogen) atoms. The molecular formula is C26H24ClN3OS. The smallest absolute Gasteiger partial charge is 0.225 e. The molecule has 0 spiro atoms. The summed E-state index contributed by atoms with van der Waals surface area (Å²) in [6, 6.07) is 24.0. The topological polar surface area (TPSA) is 57.8 Å². The maximum atomic E-state index is 12.3. The minimum absolute atomic E-state index is 0.0744. The second kappa shape index (κ2) is 10.1. The Labute approximate surface area is 197 Å². The second-order valence-corrected chi connectivity index (χ2v) is 9.11. The number of imidazole rings is 1. The Morgan fingerprint density at radius 1 is 0.938 bits per heavy atom. The normalized spacial score (nSPS) is 10.8. The molecule has 2 N–H and O–H groups in total. The van der Waals surface area contributed by atoms with Gasteiger partial charge in [0.25, 0.3) is 0 Å². The number of anilines is 1. The zero-order valence-electron chi connectivity index (χ0n) is 18.0. The van der Waals surface area contributed by atoms with E-state index in [4.69, 9.17) is 16.6 Å². The Morgan fingerprint density at radius 3 is 2.22 bits per heavy atom. The molecule has 0 saturated heterocycles. The number of nitrogens with zero attached hydrogens (tertiary/aromatic N) is 1. The lowest BCUT2D eigenvalue weighted by Crippen LogP contribution is -2.12. The summed E-state index contributed by atoms with van der Waals surface area (Å²) >= 11 is 7.65. The highest BCUT2D eigenvalue weighted by Gasteiger charge is 2.15. The summed E-state index contributed by atoms with van der Waals surface area (Å²) in [6.07, 6.45) is 0.357. The van der Waals surface area contributed by atoms with Crippen LogP contribution in [-0.2, 0) is 4.79 Å². The third-order valence-corrected chi connectivity index (χ3v) is 6.27. The molecule has 0 unspecified atom stereocenters. The number of thioether (sulfide) groups is 1. The number of para-hydroxylation sites is 1. The lowest BCUT2D eigenvalue weighted by atomic mass is 10.0.